The van der Waals surface area contributed by atoms with Crippen molar-refractivity contribution in [2.75, 3.05) is 0 Å². The molecule has 1 atom stereocenters. The smallest absolute Gasteiger partial charge is 0.347 e. The van der Waals surface area contributed by atoms with Gasteiger partial charge in [-0.25, -0.2) is 0 Å². The van der Waals surface area contributed by atoms with Crippen LogP contribution in [0.5, 0.6) is 0 Å². The molecule has 2 rings (SSSR count). The molecule has 0 saturated heterocycles. The standard InChI is InChI=1S/C9H8BrF2NOS/c10-9(11,12)8(14)4-6(5-13-8)7-2-1-3-15-7/h1-3,5,13-14H,4H2. The predicted octanol–water partition coefficient (Wildman–Crippen LogP) is 2.76. The monoisotopic (exact) mass is 295 g/mol. The zero-order chi connectivity index (χ0) is 11.1. The van der Waals surface area contributed by atoms with E-state index in [0.717, 1.165) is 4.88 Å². The molecule has 0 aliphatic carbocycles. The number of thiophene rings is 1. The molecule has 15 heavy (non-hydrogen) atoms. The second-order valence-corrected chi connectivity index (χ2v) is 5.27. The molecular formula is C9H8BrF2NOS. The number of rotatable bonds is 2. The van der Waals surface area contributed by atoms with Crippen LogP contribution in [-0.4, -0.2) is 15.7 Å². The normalized spacial score (nSPS) is 26.3. The van der Waals surface area contributed by atoms with Gasteiger partial charge in [-0.1, -0.05) is 6.07 Å². The zero-order valence-corrected chi connectivity index (χ0v) is 9.91. The lowest BCUT2D eigenvalue weighted by Gasteiger charge is -2.28. The summed E-state index contributed by atoms with van der Waals surface area (Å²) in [4.78, 5) is -2.47. The maximum absolute atomic E-state index is 13.0. The van der Waals surface area contributed by atoms with Crippen LogP contribution in [0, 0.1) is 0 Å². The molecule has 1 aliphatic heterocycles. The van der Waals surface area contributed by atoms with E-state index in [4.69, 9.17) is 0 Å². The Morgan fingerprint density at radius 1 is 1.60 bits per heavy atom. The van der Waals surface area contributed by atoms with Gasteiger partial charge in [-0.2, -0.15) is 8.78 Å². The molecule has 1 aliphatic rings. The van der Waals surface area contributed by atoms with E-state index in [1.165, 1.54) is 17.5 Å². The molecule has 1 aromatic heterocycles. The molecule has 0 amide bonds. The van der Waals surface area contributed by atoms with Crippen molar-refractivity contribution < 1.29 is 13.9 Å². The topological polar surface area (TPSA) is 32.3 Å². The Morgan fingerprint density at radius 2 is 2.33 bits per heavy atom. The molecule has 1 unspecified atom stereocenters. The van der Waals surface area contributed by atoms with E-state index in [1.807, 2.05) is 17.5 Å². The van der Waals surface area contributed by atoms with Crippen molar-refractivity contribution in [1.82, 2.24) is 5.32 Å². The lowest BCUT2D eigenvalue weighted by molar-refractivity contribution is -0.121. The van der Waals surface area contributed by atoms with Crippen molar-refractivity contribution >= 4 is 32.8 Å². The third kappa shape index (κ3) is 1.93. The molecule has 0 aromatic carbocycles. The van der Waals surface area contributed by atoms with Gasteiger partial charge in [-0.05, 0) is 32.9 Å². The highest BCUT2D eigenvalue weighted by atomic mass is 79.9. The van der Waals surface area contributed by atoms with Crippen molar-refractivity contribution in [2.45, 2.75) is 17.0 Å². The molecule has 2 heterocycles. The maximum atomic E-state index is 13.0. The lowest BCUT2D eigenvalue weighted by atomic mass is 10.1. The number of nitrogens with one attached hydrogen (secondary N) is 1. The van der Waals surface area contributed by atoms with E-state index in [2.05, 4.69) is 21.2 Å². The molecule has 82 valence electrons. The van der Waals surface area contributed by atoms with Gasteiger partial charge in [0.05, 0.1) is 0 Å². The van der Waals surface area contributed by atoms with Gasteiger partial charge >= 0.3 is 4.83 Å². The second kappa shape index (κ2) is 3.54. The Hall–Kier alpha value is -0.460. The minimum Gasteiger partial charge on any atom is -0.365 e. The molecule has 0 fully saturated rings. The summed E-state index contributed by atoms with van der Waals surface area (Å²) in [5.74, 6) is 0. The molecule has 1 aromatic rings. The average molecular weight is 296 g/mol. The van der Waals surface area contributed by atoms with Crippen LogP contribution in [0.3, 0.4) is 0 Å². The molecule has 6 heteroatoms. The largest absolute Gasteiger partial charge is 0.365 e. The highest BCUT2D eigenvalue weighted by molar-refractivity contribution is 9.10. The van der Waals surface area contributed by atoms with Gasteiger partial charge in [0.2, 0.25) is 5.72 Å². The average Bonchev–Trinajstić information content (AvgIpc) is 2.70. The van der Waals surface area contributed by atoms with Gasteiger partial charge in [0.1, 0.15) is 0 Å². The van der Waals surface area contributed by atoms with Gasteiger partial charge in [-0.15, -0.1) is 11.3 Å². The Bertz CT molecular complexity index is 387. The van der Waals surface area contributed by atoms with Crippen molar-refractivity contribution in [3.8, 4) is 0 Å². The highest BCUT2D eigenvalue weighted by Crippen LogP contribution is 2.42. The van der Waals surface area contributed by atoms with Crippen LogP contribution >= 0.6 is 27.3 Å². The maximum Gasteiger partial charge on any atom is 0.347 e. The fraction of sp³-hybridized carbons (Fsp3) is 0.333. The quantitative estimate of drug-likeness (QED) is 0.823. The van der Waals surface area contributed by atoms with Crippen molar-refractivity contribution in [3.05, 3.63) is 28.6 Å². The number of halogens is 3. The Morgan fingerprint density at radius 3 is 2.80 bits per heavy atom. The summed E-state index contributed by atoms with van der Waals surface area (Å²) in [6.45, 7) is 0. The van der Waals surface area contributed by atoms with Crippen LogP contribution in [0.1, 0.15) is 11.3 Å². The minimum atomic E-state index is -3.35. The van der Waals surface area contributed by atoms with E-state index >= 15 is 0 Å². The molecular weight excluding hydrogens is 288 g/mol. The Kier molecular flexibility index (Phi) is 2.60. The van der Waals surface area contributed by atoms with Crippen LogP contribution < -0.4 is 5.32 Å². The predicted molar refractivity (Wildman–Crippen MR) is 58.9 cm³/mol. The first kappa shape index (κ1) is 11.0. The van der Waals surface area contributed by atoms with Crippen molar-refractivity contribution in [3.63, 3.8) is 0 Å². The van der Waals surface area contributed by atoms with Crippen LogP contribution in [0.25, 0.3) is 5.57 Å². The highest BCUT2D eigenvalue weighted by Gasteiger charge is 2.53. The first-order valence-electron chi connectivity index (χ1n) is 4.22. The summed E-state index contributed by atoms with van der Waals surface area (Å²) < 4.78 is 26.0. The molecule has 0 spiro atoms. The van der Waals surface area contributed by atoms with E-state index in [-0.39, 0.29) is 6.42 Å². The van der Waals surface area contributed by atoms with E-state index in [0.29, 0.717) is 5.57 Å². The second-order valence-electron chi connectivity index (χ2n) is 3.33. The summed E-state index contributed by atoms with van der Waals surface area (Å²) in [6, 6.07) is 3.67. The summed E-state index contributed by atoms with van der Waals surface area (Å²) in [5.41, 5.74) is -1.54. The van der Waals surface area contributed by atoms with Gasteiger partial charge in [0.25, 0.3) is 0 Å². The number of hydrogen-bond acceptors (Lipinski definition) is 3. The molecule has 2 nitrogen and oxygen atoms in total. The fourth-order valence-electron chi connectivity index (χ4n) is 1.39. The molecule has 2 N–H and O–H groups in total. The number of alkyl halides is 3. The van der Waals surface area contributed by atoms with Gasteiger partial charge in [-0.3, -0.25) is 0 Å². The van der Waals surface area contributed by atoms with Crippen molar-refractivity contribution in [1.29, 1.82) is 0 Å². The van der Waals surface area contributed by atoms with E-state index in [1.54, 1.807) is 0 Å². The van der Waals surface area contributed by atoms with Crippen LogP contribution in [0.15, 0.2) is 23.7 Å². The Labute approximate surface area is 97.7 Å². The van der Waals surface area contributed by atoms with Gasteiger partial charge in [0, 0.05) is 17.5 Å². The number of hydrogen-bond donors (Lipinski definition) is 2. The molecule has 0 bridgehead atoms. The first-order chi connectivity index (χ1) is 6.92. The summed E-state index contributed by atoms with van der Waals surface area (Å²) in [6.07, 6.45) is 1.31. The lowest BCUT2D eigenvalue weighted by Crippen LogP contribution is -2.51. The fourth-order valence-corrected chi connectivity index (χ4v) is 2.38. The Balaban J connectivity index is 2.18. The van der Waals surface area contributed by atoms with Crippen LogP contribution in [0.4, 0.5) is 8.78 Å². The first-order valence-corrected chi connectivity index (χ1v) is 5.89. The SMILES string of the molecule is OC1(C(F)(F)Br)CC(c2cccs2)=CN1. The zero-order valence-electron chi connectivity index (χ0n) is 7.51. The van der Waals surface area contributed by atoms with Crippen LogP contribution in [-0.2, 0) is 0 Å². The summed E-state index contributed by atoms with van der Waals surface area (Å²) in [7, 11) is 0. The van der Waals surface area contributed by atoms with Gasteiger partial charge in [0.15, 0.2) is 0 Å². The van der Waals surface area contributed by atoms with E-state index in [9.17, 15) is 13.9 Å². The van der Waals surface area contributed by atoms with E-state index < -0.39 is 10.6 Å². The van der Waals surface area contributed by atoms with Crippen LogP contribution in [0.2, 0.25) is 0 Å². The molecule has 0 saturated carbocycles. The van der Waals surface area contributed by atoms with Crippen molar-refractivity contribution in [2.24, 2.45) is 0 Å². The third-order valence-electron chi connectivity index (χ3n) is 2.24. The molecule has 0 radical (unpaired) electrons. The minimum absolute atomic E-state index is 0.119. The summed E-state index contributed by atoms with van der Waals surface area (Å²) in [5, 5.41) is 13.8. The third-order valence-corrected chi connectivity index (χ3v) is 3.84. The van der Waals surface area contributed by atoms with Gasteiger partial charge < -0.3 is 10.4 Å². The summed E-state index contributed by atoms with van der Waals surface area (Å²) >= 11 is 3.63. The number of aliphatic hydroxyl groups is 1.